The highest BCUT2D eigenvalue weighted by Gasteiger charge is 1.91. The molecule has 0 rings (SSSR count). The van der Waals surface area contributed by atoms with Gasteiger partial charge in [-0.05, 0) is 26.7 Å². The van der Waals surface area contributed by atoms with E-state index in [0.717, 1.165) is 11.1 Å². The van der Waals surface area contributed by atoms with Gasteiger partial charge in [-0.15, -0.1) is 5.76 Å². The van der Waals surface area contributed by atoms with Gasteiger partial charge in [0, 0.05) is 0 Å². The lowest BCUT2D eigenvalue weighted by atomic mass is 10.1. The fourth-order valence-corrected chi connectivity index (χ4v) is 0.674. The monoisotopic (exact) mass is 153 g/mol. The van der Waals surface area contributed by atoms with Crippen molar-refractivity contribution < 1.29 is 5.11 Å². The molecule has 1 nitrogen and oxygen atoms in total. The molecule has 0 heterocycles. The summed E-state index contributed by atoms with van der Waals surface area (Å²) in [5.74, 6) is 0.511. The van der Waals surface area contributed by atoms with E-state index in [4.69, 9.17) is 0 Å². The van der Waals surface area contributed by atoms with Crippen molar-refractivity contribution in [3.8, 4) is 0 Å². The Kier molecular flexibility index (Phi) is 3.94. The lowest BCUT2D eigenvalue weighted by molar-refractivity contribution is -0.298. The van der Waals surface area contributed by atoms with Crippen molar-refractivity contribution in [2.45, 2.75) is 34.6 Å². The van der Waals surface area contributed by atoms with E-state index in [0.29, 0.717) is 5.92 Å². The van der Waals surface area contributed by atoms with E-state index in [9.17, 15) is 5.11 Å². The van der Waals surface area contributed by atoms with Gasteiger partial charge in [-0.3, -0.25) is 0 Å². The van der Waals surface area contributed by atoms with Crippen LogP contribution in [0.25, 0.3) is 0 Å². The van der Waals surface area contributed by atoms with Gasteiger partial charge >= 0.3 is 0 Å². The molecule has 0 radical (unpaired) electrons. The molecule has 0 saturated heterocycles. The van der Waals surface area contributed by atoms with Crippen LogP contribution < -0.4 is 5.11 Å². The summed E-state index contributed by atoms with van der Waals surface area (Å²) in [5.41, 5.74) is 1.98. The van der Waals surface area contributed by atoms with Crippen molar-refractivity contribution in [3.63, 3.8) is 0 Å². The molecule has 0 aromatic carbocycles. The Morgan fingerprint density at radius 3 is 1.91 bits per heavy atom. The number of hydrogen-bond donors (Lipinski definition) is 0. The fraction of sp³-hybridized carbons (Fsp3) is 0.600. The maximum atomic E-state index is 11.3. The molecule has 1 heteroatoms. The molecular weight excluding hydrogens is 136 g/mol. The minimum atomic E-state index is 0.167. The van der Waals surface area contributed by atoms with Crippen LogP contribution in [0.5, 0.6) is 0 Å². The number of rotatable bonds is 2. The second-order valence-corrected chi connectivity index (χ2v) is 3.40. The highest BCUT2D eigenvalue weighted by molar-refractivity contribution is 5.25. The van der Waals surface area contributed by atoms with Crippen LogP contribution in [0.3, 0.4) is 0 Å². The molecule has 0 aliphatic carbocycles. The molecule has 64 valence electrons. The second-order valence-electron chi connectivity index (χ2n) is 3.40. The third-order valence-electron chi connectivity index (χ3n) is 1.60. The molecule has 11 heavy (non-hydrogen) atoms. The molecule has 0 unspecified atom stereocenters. The van der Waals surface area contributed by atoms with Crippen LogP contribution in [-0.4, -0.2) is 0 Å². The lowest BCUT2D eigenvalue weighted by Gasteiger charge is -2.15. The summed E-state index contributed by atoms with van der Waals surface area (Å²) in [7, 11) is 0. The van der Waals surface area contributed by atoms with Gasteiger partial charge in [0.25, 0.3) is 0 Å². The average molecular weight is 153 g/mol. The minimum absolute atomic E-state index is 0.167. The molecule has 0 fully saturated rings. The normalized spacial score (nSPS) is 12.0. The van der Waals surface area contributed by atoms with E-state index in [-0.39, 0.29) is 5.76 Å². The quantitative estimate of drug-likeness (QED) is 0.440. The Morgan fingerprint density at radius 1 is 1.18 bits per heavy atom. The summed E-state index contributed by atoms with van der Waals surface area (Å²) in [6.07, 6.45) is 1.75. The van der Waals surface area contributed by atoms with Gasteiger partial charge in [-0.25, -0.2) is 0 Å². The zero-order valence-corrected chi connectivity index (χ0v) is 8.06. The molecule has 0 bridgehead atoms. The summed E-state index contributed by atoms with van der Waals surface area (Å²) < 4.78 is 0. The lowest BCUT2D eigenvalue weighted by Crippen LogP contribution is -2.07. The molecule has 0 aromatic heterocycles. The molecule has 0 spiro atoms. The van der Waals surface area contributed by atoms with Gasteiger partial charge in [-0.2, -0.15) is 0 Å². The fourth-order valence-electron chi connectivity index (χ4n) is 0.674. The summed E-state index contributed by atoms with van der Waals surface area (Å²) in [5, 5.41) is 11.3. The van der Waals surface area contributed by atoms with Crippen molar-refractivity contribution >= 4 is 0 Å². The van der Waals surface area contributed by atoms with Gasteiger partial charge in [-0.1, -0.05) is 31.1 Å². The van der Waals surface area contributed by atoms with E-state index in [2.05, 4.69) is 0 Å². The second kappa shape index (κ2) is 4.22. The van der Waals surface area contributed by atoms with Gasteiger partial charge < -0.3 is 5.11 Å². The van der Waals surface area contributed by atoms with Crippen molar-refractivity contribution in [2.24, 2.45) is 5.92 Å². The molecule has 0 atom stereocenters. The summed E-state index contributed by atoms with van der Waals surface area (Å²) in [4.78, 5) is 0. The maximum Gasteiger partial charge on any atom is -0.0293 e. The summed E-state index contributed by atoms with van der Waals surface area (Å²) in [6, 6.07) is 0. The SMILES string of the molecule is CC(C)=C(C)C([O-])=CC(C)C. The molecule has 0 amide bonds. The van der Waals surface area contributed by atoms with Crippen LogP contribution in [0, 0.1) is 5.92 Å². The standard InChI is InChI=1S/C10H18O/c1-7(2)6-10(11)9(5)8(3)4/h6-7,11H,1-5H3/p-1. The molecule has 0 aromatic rings. The molecule has 0 aliphatic rings. The molecule has 0 saturated carbocycles. The number of allylic oxidation sites excluding steroid dienone is 3. The van der Waals surface area contributed by atoms with Crippen molar-refractivity contribution in [1.82, 2.24) is 0 Å². The van der Waals surface area contributed by atoms with E-state index in [1.165, 1.54) is 0 Å². The molecule has 0 N–H and O–H groups in total. The Labute approximate surface area is 69.4 Å². The van der Waals surface area contributed by atoms with Crippen LogP contribution >= 0.6 is 0 Å². The molecular formula is C10H17O-. The van der Waals surface area contributed by atoms with Crippen molar-refractivity contribution in [3.05, 3.63) is 23.0 Å². The summed E-state index contributed by atoms with van der Waals surface area (Å²) >= 11 is 0. The van der Waals surface area contributed by atoms with Gasteiger partial charge in [0.05, 0.1) is 0 Å². The van der Waals surface area contributed by atoms with Gasteiger partial charge in [0.2, 0.25) is 0 Å². The minimum Gasteiger partial charge on any atom is -0.872 e. The highest BCUT2D eigenvalue weighted by Crippen LogP contribution is 2.10. The predicted octanol–water partition coefficient (Wildman–Crippen LogP) is 2.24. The number of hydrogen-bond acceptors (Lipinski definition) is 1. The first-order valence-electron chi connectivity index (χ1n) is 3.98. The Hall–Kier alpha value is -0.720. The van der Waals surface area contributed by atoms with Crippen molar-refractivity contribution in [2.75, 3.05) is 0 Å². The van der Waals surface area contributed by atoms with E-state index in [1.54, 1.807) is 6.08 Å². The van der Waals surface area contributed by atoms with Crippen LogP contribution in [0.2, 0.25) is 0 Å². The zero-order valence-electron chi connectivity index (χ0n) is 8.06. The first-order chi connectivity index (χ1) is 4.95. The third-order valence-corrected chi connectivity index (χ3v) is 1.60. The Balaban J connectivity index is 4.50. The largest absolute Gasteiger partial charge is 0.872 e. The van der Waals surface area contributed by atoms with Crippen LogP contribution in [0.1, 0.15) is 34.6 Å². The van der Waals surface area contributed by atoms with Crippen molar-refractivity contribution in [1.29, 1.82) is 0 Å². The predicted molar refractivity (Wildman–Crippen MR) is 47.0 cm³/mol. The van der Waals surface area contributed by atoms with E-state index < -0.39 is 0 Å². The Bertz CT molecular complexity index is 181. The van der Waals surface area contributed by atoms with Crippen LogP contribution in [0.15, 0.2) is 23.0 Å². The van der Waals surface area contributed by atoms with Gasteiger partial charge in [0.15, 0.2) is 0 Å². The van der Waals surface area contributed by atoms with E-state index in [1.807, 2.05) is 34.6 Å². The topological polar surface area (TPSA) is 23.1 Å². The average Bonchev–Trinajstić information content (AvgIpc) is 1.84. The zero-order chi connectivity index (χ0) is 9.02. The first kappa shape index (κ1) is 10.3. The van der Waals surface area contributed by atoms with E-state index >= 15 is 0 Å². The molecule has 0 aliphatic heterocycles. The maximum absolute atomic E-state index is 11.3. The third kappa shape index (κ3) is 3.87. The smallest absolute Gasteiger partial charge is 0.0293 e. The Morgan fingerprint density at radius 2 is 1.64 bits per heavy atom. The first-order valence-corrected chi connectivity index (χ1v) is 3.98. The summed E-state index contributed by atoms with van der Waals surface area (Å²) in [6.45, 7) is 9.81. The van der Waals surface area contributed by atoms with Gasteiger partial charge in [0.1, 0.15) is 0 Å². The highest BCUT2D eigenvalue weighted by atomic mass is 16.3. The van der Waals surface area contributed by atoms with Crippen LogP contribution in [0.4, 0.5) is 0 Å². The van der Waals surface area contributed by atoms with Crippen LogP contribution in [-0.2, 0) is 0 Å².